The van der Waals surface area contributed by atoms with E-state index in [2.05, 4.69) is 15.6 Å². The lowest BCUT2D eigenvalue weighted by Crippen LogP contribution is -2.25. The molecule has 1 heterocycles. The van der Waals surface area contributed by atoms with Gasteiger partial charge in [-0.15, -0.1) is 0 Å². The Morgan fingerprint density at radius 3 is 2.80 bits per heavy atom. The molecule has 0 aliphatic heterocycles. The van der Waals surface area contributed by atoms with Gasteiger partial charge in [0.25, 0.3) is 5.91 Å². The van der Waals surface area contributed by atoms with Crippen LogP contribution in [0.5, 0.6) is 0 Å². The molecule has 4 N–H and O–H groups in total. The molecule has 20 heavy (non-hydrogen) atoms. The Morgan fingerprint density at radius 1 is 1.35 bits per heavy atom. The second-order valence-electron chi connectivity index (χ2n) is 4.26. The molecule has 0 saturated heterocycles. The van der Waals surface area contributed by atoms with Crippen molar-refractivity contribution in [2.45, 2.75) is 13.3 Å². The number of amides is 1. The van der Waals surface area contributed by atoms with Gasteiger partial charge in [-0.2, -0.15) is 0 Å². The normalized spacial score (nSPS) is 10.2. The molecule has 0 atom stereocenters. The third kappa shape index (κ3) is 3.71. The molecule has 2 aromatic rings. The lowest BCUT2D eigenvalue weighted by Gasteiger charge is -2.04. The number of nitrogens with zero attached hydrogens (tertiary/aromatic N) is 1. The van der Waals surface area contributed by atoms with Crippen LogP contribution in [-0.4, -0.2) is 24.0 Å². The monoisotopic (exact) mass is 290 g/mol. The highest BCUT2D eigenvalue weighted by molar-refractivity contribution is 7.18. The number of nitrogens with two attached hydrogens (primary N) is 1. The van der Waals surface area contributed by atoms with Crippen LogP contribution in [0.1, 0.15) is 22.2 Å². The van der Waals surface area contributed by atoms with Crippen LogP contribution < -0.4 is 16.4 Å². The van der Waals surface area contributed by atoms with Crippen molar-refractivity contribution in [2.24, 2.45) is 0 Å². The molecule has 0 aliphatic carbocycles. The Balaban J connectivity index is 1.88. The summed E-state index contributed by atoms with van der Waals surface area (Å²) < 4.78 is 0. The maximum Gasteiger partial charge on any atom is 0.265 e. The lowest BCUT2D eigenvalue weighted by molar-refractivity contribution is 0.0959. The molecule has 5 nitrogen and oxygen atoms in total. The standard InChI is InChI=1S/C14H18N4OS/c1-2-16-14-18-12(15)11(20-14)13(19)17-9-8-10-6-4-3-5-7-10/h3-7H,2,8-9,15H2,1H3,(H,16,18)(H,17,19). The molecule has 1 amide bonds. The highest BCUT2D eigenvalue weighted by atomic mass is 32.1. The van der Waals surface area contributed by atoms with Crippen molar-refractivity contribution in [3.05, 3.63) is 40.8 Å². The molecule has 0 unspecified atom stereocenters. The van der Waals surface area contributed by atoms with Gasteiger partial charge >= 0.3 is 0 Å². The van der Waals surface area contributed by atoms with Crippen LogP contribution in [0.25, 0.3) is 0 Å². The summed E-state index contributed by atoms with van der Waals surface area (Å²) in [5.41, 5.74) is 6.95. The first-order chi connectivity index (χ1) is 9.70. The minimum absolute atomic E-state index is 0.167. The third-order valence-electron chi connectivity index (χ3n) is 2.73. The fourth-order valence-electron chi connectivity index (χ4n) is 1.77. The van der Waals surface area contributed by atoms with E-state index in [9.17, 15) is 4.79 Å². The molecule has 0 radical (unpaired) electrons. The van der Waals surface area contributed by atoms with Crippen LogP contribution >= 0.6 is 11.3 Å². The summed E-state index contributed by atoms with van der Waals surface area (Å²) in [6.07, 6.45) is 0.797. The van der Waals surface area contributed by atoms with E-state index in [-0.39, 0.29) is 11.7 Å². The average Bonchev–Trinajstić information content (AvgIpc) is 2.81. The summed E-state index contributed by atoms with van der Waals surface area (Å²) in [6, 6.07) is 10.0. The fourth-order valence-corrected chi connectivity index (χ4v) is 2.64. The van der Waals surface area contributed by atoms with Gasteiger partial charge in [-0.25, -0.2) is 4.98 Å². The quantitative estimate of drug-likeness (QED) is 0.761. The van der Waals surface area contributed by atoms with E-state index >= 15 is 0 Å². The summed E-state index contributed by atoms with van der Waals surface area (Å²) in [5.74, 6) is 0.114. The summed E-state index contributed by atoms with van der Waals surface area (Å²) in [6.45, 7) is 3.30. The number of thiazole rings is 1. The first kappa shape index (κ1) is 14.3. The van der Waals surface area contributed by atoms with Crippen LogP contribution in [-0.2, 0) is 6.42 Å². The SMILES string of the molecule is CCNc1nc(N)c(C(=O)NCCc2ccccc2)s1. The average molecular weight is 290 g/mol. The van der Waals surface area contributed by atoms with E-state index in [1.165, 1.54) is 16.9 Å². The maximum absolute atomic E-state index is 12.0. The zero-order valence-corrected chi connectivity index (χ0v) is 12.2. The lowest BCUT2D eigenvalue weighted by atomic mass is 10.1. The van der Waals surface area contributed by atoms with Gasteiger partial charge in [0.2, 0.25) is 0 Å². The first-order valence-corrected chi connectivity index (χ1v) is 7.34. The van der Waals surface area contributed by atoms with Gasteiger partial charge in [-0.05, 0) is 18.9 Å². The van der Waals surface area contributed by atoms with Crippen molar-refractivity contribution in [1.82, 2.24) is 10.3 Å². The van der Waals surface area contributed by atoms with E-state index in [1.807, 2.05) is 37.3 Å². The molecule has 1 aromatic heterocycles. The van der Waals surface area contributed by atoms with E-state index in [4.69, 9.17) is 5.73 Å². The number of aromatic nitrogens is 1. The second-order valence-corrected chi connectivity index (χ2v) is 5.25. The first-order valence-electron chi connectivity index (χ1n) is 6.53. The van der Waals surface area contributed by atoms with Crippen molar-refractivity contribution < 1.29 is 4.79 Å². The fraction of sp³-hybridized carbons (Fsp3) is 0.286. The summed E-state index contributed by atoms with van der Waals surface area (Å²) in [4.78, 5) is 16.6. The van der Waals surface area contributed by atoms with Crippen molar-refractivity contribution in [3.8, 4) is 0 Å². The Kier molecular flexibility index (Phi) is 4.95. The molecule has 2 rings (SSSR count). The van der Waals surface area contributed by atoms with E-state index < -0.39 is 0 Å². The number of anilines is 2. The Hall–Kier alpha value is -2.08. The van der Waals surface area contributed by atoms with Crippen molar-refractivity contribution in [1.29, 1.82) is 0 Å². The van der Waals surface area contributed by atoms with Gasteiger partial charge in [0, 0.05) is 13.1 Å². The third-order valence-corrected chi connectivity index (χ3v) is 3.76. The van der Waals surface area contributed by atoms with Gasteiger partial charge in [0.05, 0.1) is 0 Å². The molecule has 106 valence electrons. The van der Waals surface area contributed by atoms with E-state index in [0.717, 1.165) is 13.0 Å². The van der Waals surface area contributed by atoms with Crippen LogP contribution in [0, 0.1) is 0 Å². The van der Waals surface area contributed by atoms with Gasteiger partial charge in [-0.1, -0.05) is 41.7 Å². The minimum atomic E-state index is -0.167. The Bertz CT molecular complexity index is 568. The van der Waals surface area contributed by atoms with Gasteiger partial charge < -0.3 is 16.4 Å². The second kappa shape index (κ2) is 6.91. The van der Waals surface area contributed by atoms with Gasteiger partial charge in [0.15, 0.2) is 5.13 Å². The van der Waals surface area contributed by atoms with Crippen LogP contribution in [0.15, 0.2) is 30.3 Å². The summed E-state index contributed by atoms with van der Waals surface area (Å²) in [5, 5.41) is 6.60. The van der Waals surface area contributed by atoms with Crippen molar-refractivity contribution >= 4 is 28.2 Å². The van der Waals surface area contributed by atoms with E-state index in [1.54, 1.807) is 0 Å². The topological polar surface area (TPSA) is 80.0 Å². The summed E-state index contributed by atoms with van der Waals surface area (Å²) in [7, 11) is 0. The predicted molar refractivity (Wildman–Crippen MR) is 83.2 cm³/mol. The molecular weight excluding hydrogens is 272 g/mol. The largest absolute Gasteiger partial charge is 0.382 e. The molecule has 0 fully saturated rings. The number of hydrogen-bond acceptors (Lipinski definition) is 5. The molecule has 6 heteroatoms. The minimum Gasteiger partial charge on any atom is -0.382 e. The number of carbonyl (C=O) groups excluding carboxylic acids is 1. The molecule has 1 aromatic carbocycles. The zero-order chi connectivity index (χ0) is 14.4. The maximum atomic E-state index is 12.0. The molecule has 0 saturated carbocycles. The van der Waals surface area contributed by atoms with Crippen molar-refractivity contribution in [3.63, 3.8) is 0 Å². The van der Waals surface area contributed by atoms with E-state index in [0.29, 0.717) is 16.6 Å². The van der Waals surface area contributed by atoms with Crippen LogP contribution in [0.3, 0.4) is 0 Å². The molecule has 0 spiro atoms. The zero-order valence-electron chi connectivity index (χ0n) is 11.3. The number of benzene rings is 1. The molecule has 0 aliphatic rings. The number of nitrogen functional groups attached to an aromatic ring is 1. The number of nitrogens with one attached hydrogen (secondary N) is 2. The number of carbonyl (C=O) groups is 1. The predicted octanol–water partition coefficient (Wildman–Crippen LogP) is 2.13. The van der Waals surface area contributed by atoms with Crippen LogP contribution in [0.4, 0.5) is 10.9 Å². The van der Waals surface area contributed by atoms with Crippen LogP contribution in [0.2, 0.25) is 0 Å². The van der Waals surface area contributed by atoms with Crippen molar-refractivity contribution in [2.75, 3.05) is 24.1 Å². The number of rotatable bonds is 6. The highest BCUT2D eigenvalue weighted by Crippen LogP contribution is 2.24. The molecule has 0 bridgehead atoms. The molecular formula is C14H18N4OS. The number of hydrogen-bond donors (Lipinski definition) is 3. The Labute approximate surface area is 122 Å². The van der Waals surface area contributed by atoms with Gasteiger partial charge in [-0.3, -0.25) is 4.79 Å². The van der Waals surface area contributed by atoms with Gasteiger partial charge in [0.1, 0.15) is 10.7 Å². The summed E-state index contributed by atoms with van der Waals surface area (Å²) >= 11 is 1.28. The smallest absolute Gasteiger partial charge is 0.265 e. The Morgan fingerprint density at radius 2 is 2.10 bits per heavy atom. The highest BCUT2D eigenvalue weighted by Gasteiger charge is 2.15.